The summed E-state index contributed by atoms with van der Waals surface area (Å²) in [5.74, 6) is -0.435. The van der Waals surface area contributed by atoms with E-state index in [2.05, 4.69) is 17.9 Å². The van der Waals surface area contributed by atoms with Crippen molar-refractivity contribution in [2.24, 2.45) is 5.92 Å². The summed E-state index contributed by atoms with van der Waals surface area (Å²) in [6.07, 6.45) is 1.87. The van der Waals surface area contributed by atoms with Crippen molar-refractivity contribution in [3.63, 3.8) is 0 Å². The van der Waals surface area contributed by atoms with Crippen LogP contribution in [0.5, 0.6) is 0 Å². The van der Waals surface area contributed by atoms with E-state index < -0.39 is 5.91 Å². The Labute approximate surface area is 90.8 Å². The maximum absolute atomic E-state index is 8.75. The highest BCUT2D eigenvalue weighted by Gasteiger charge is 2.49. The summed E-state index contributed by atoms with van der Waals surface area (Å²) < 4.78 is 11.6. The van der Waals surface area contributed by atoms with Gasteiger partial charge in [-0.2, -0.15) is 5.26 Å². The van der Waals surface area contributed by atoms with E-state index in [4.69, 9.17) is 14.7 Å². The first-order valence-electron chi connectivity index (χ1n) is 5.63. The van der Waals surface area contributed by atoms with Gasteiger partial charge in [0, 0.05) is 25.4 Å². The molecule has 0 aromatic carbocycles. The molecule has 15 heavy (non-hydrogen) atoms. The van der Waals surface area contributed by atoms with Crippen LogP contribution in [0, 0.1) is 17.2 Å². The number of ether oxygens (including phenoxy) is 2. The zero-order chi connectivity index (χ0) is 10.9. The van der Waals surface area contributed by atoms with Crippen molar-refractivity contribution in [1.82, 2.24) is 4.90 Å². The molecule has 0 aromatic heterocycles. The van der Waals surface area contributed by atoms with E-state index in [1.807, 2.05) is 6.92 Å². The second-order valence-corrected chi connectivity index (χ2v) is 4.50. The minimum Gasteiger partial charge on any atom is -0.336 e. The summed E-state index contributed by atoms with van der Waals surface area (Å²) in [7, 11) is 0. The summed E-state index contributed by atoms with van der Waals surface area (Å²) in [5.41, 5.74) is 0. The van der Waals surface area contributed by atoms with E-state index in [1.54, 1.807) is 0 Å². The summed E-state index contributed by atoms with van der Waals surface area (Å²) >= 11 is 0. The van der Waals surface area contributed by atoms with Crippen LogP contribution in [0.2, 0.25) is 0 Å². The fourth-order valence-corrected chi connectivity index (χ4v) is 2.33. The maximum Gasteiger partial charge on any atom is 0.230 e. The fourth-order valence-electron chi connectivity index (χ4n) is 2.33. The molecule has 2 fully saturated rings. The van der Waals surface area contributed by atoms with Crippen LogP contribution in [0.4, 0.5) is 0 Å². The third-order valence-corrected chi connectivity index (χ3v) is 3.15. The summed E-state index contributed by atoms with van der Waals surface area (Å²) in [5, 5.41) is 8.75. The van der Waals surface area contributed by atoms with Crippen LogP contribution in [-0.2, 0) is 9.47 Å². The quantitative estimate of drug-likeness (QED) is 0.705. The SMILES string of the molecule is CC(C#N)CCC12OCCN1CC(C)O2. The van der Waals surface area contributed by atoms with Gasteiger partial charge >= 0.3 is 0 Å². The van der Waals surface area contributed by atoms with Crippen molar-refractivity contribution in [2.75, 3.05) is 19.7 Å². The van der Waals surface area contributed by atoms with E-state index in [9.17, 15) is 0 Å². The molecular weight excluding hydrogens is 192 g/mol. The van der Waals surface area contributed by atoms with Crippen molar-refractivity contribution in [3.05, 3.63) is 0 Å². The van der Waals surface area contributed by atoms with E-state index >= 15 is 0 Å². The molecule has 0 amide bonds. The Kier molecular flexibility index (Phi) is 2.96. The van der Waals surface area contributed by atoms with Crippen LogP contribution in [0.1, 0.15) is 26.7 Å². The van der Waals surface area contributed by atoms with Gasteiger partial charge in [0.25, 0.3) is 0 Å². The van der Waals surface area contributed by atoms with Crippen molar-refractivity contribution in [1.29, 1.82) is 5.26 Å². The Morgan fingerprint density at radius 3 is 3.20 bits per heavy atom. The lowest BCUT2D eigenvalue weighted by Gasteiger charge is -2.29. The predicted octanol–water partition coefficient (Wildman–Crippen LogP) is 1.33. The topological polar surface area (TPSA) is 45.5 Å². The van der Waals surface area contributed by atoms with Crippen molar-refractivity contribution in [3.8, 4) is 6.07 Å². The molecule has 4 heteroatoms. The molecule has 0 spiro atoms. The predicted molar refractivity (Wildman–Crippen MR) is 54.8 cm³/mol. The van der Waals surface area contributed by atoms with Crippen molar-refractivity contribution in [2.45, 2.75) is 38.7 Å². The Bertz CT molecular complexity index is 276. The van der Waals surface area contributed by atoms with Crippen LogP contribution in [-0.4, -0.2) is 36.6 Å². The smallest absolute Gasteiger partial charge is 0.230 e. The zero-order valence-corrected chi connectivity index (χ0v) is 9.40. The highest BCUT2D eigenvalue weighted by molar-refractivity contribution is 4.89. The average molecular weight is 210 g/mol. The van der Waals surface area contributed by atoms with Crippen LogP contribution in [0.25, 0.3) is 0 Å². The fraction of sp³-hybridized carbons (Fsp3) is 0.909. The summed E-state index contributed by atoms with van der Waals surface area (Å²) in [4.78, 5) is 2.25. The Hall–Kier alpha value is -0.630. The van der Waals surface area contributed by atoms with Crippen LogP contribution in [0.3, 0.4) is 0 Å². The molecule has 0 radical (unpaired) electrons. The van der Waals surface area contributed by atoms with Crippen LogP contribution >= 0.6 is 0 Å². The second-order valence-electron chi connectivity index (χ2n) is 4.50. The van der Waals surface area contributed by atoms with Gasteiger partial charge in [0.05, 0.1) is 18.8 Å². The average Bonchev–Trinajstić information content (AvgIpc) is 2.70. The zero-order valence-electron chi connectivity index (χ0n) is 9.40. The lowest BCUT2D eigenvalue weighted by molar-refractivity contribution is -0.247. The summed E-state index contributed by atoms with van der Waals surface area (Å²) in [6.45, 7) is 6.64. The maximum atomic E-state index is 8.75. The summed E-state index contributed by atoms with van der Waals surface area (Å²) in [6, 6.07) is 2.25. The van der Waals surface area contributed by atoms with Gasteiger partial charge in [-0.15, -0.1) is 0 Å². The highest BCUT2D eigenvalue weighted by Crippen LogP contribution is 2.37. The standard InChI is InChI=1S/C11H18N2O2/c1-9(7-12)3-4-11-13(5-6-14-11)8-10(2)15-11/h9-10H,3-6,8H2,1-2H3. The molecule has 0 bridgehead atoms. The molecular formula is C11H18N2O2. The first-order chi connectivity index (χ1) is 7.16. The van der Waals surface area contributed by atoms with E-state index in [0.717, 1.165) is 32.5 Å². The molecule has 3 atom stereocenters. The molecule has 0 saturated carbocycles. The Morgan fingerprint density at radius 1 is 1.67 bits per heavy atom. The van der Waals surface area contributed by atoms with Crippen LogP contribution < -0.4 is 0 Å². The number of rotatable bonds is 3. The second kappa shape index (κ2) is 4.09. The highest BCUT2D eigenvalue weighted by atomic mass is 16.7. The van der Waals surface area contributed by atoms with Gasteiger partial charge in [0.1, 0.15) is 0 Å². The Balaban J connectivity index is 1.96. The van der Waals surface area contributed by atoms with E-state index in [0.29, 0.717) is 0 Å². The molecule has 2 aliphatic rings. The van der Waals surface area contributed by atoms with Crippen LogP contribution in [0.15, 0.2) is 0 Å². The Morgan fingerprint density at radius 2 is 2.47 bits per heavy atom. The van der Waals surface area contributed by atoms with Gasteiger partial charge in [-0.05, 0) is 20.3 Å². The van der Waals surface area contributed by atoms with Gasteiger partial charge in [0.2, 0.25) is 5.91 Å². The largest absolute Gasteiger partial charge is 0.336 e. The monoisotopic (exact) mass is 210 g/mol. The van der Waals surface area contributed by atoms with Gasteiger partial charge in [0.15, 0.2) is 0 Å². The molecule has 2 heterocycles. The number of fused-ring (bicyclic) bond motifs is 1. The normalized spacial score (nSPS) is 37.5. The molecule has 3 unspecified atom stereocenters. The third-order valence-electron chi connectivity index (χ3n) is 3.15. The van der Waals surface area contributed by atoms with Gasteiger partial charge in [-0.3, -0.25) is 0 Å². The minimum atomic E-state index is -0.509. The van der Waals surface area contributed by atoms with E-state index in [1.165, 1.54) is 0 Å². The number of nitrogens with zero attached hydrogens (tertiary/aromatic N) is 2. The molecule has 2 rings (SSSR count). The van der Waals surface area contributed by atoms with Gasteiger partial charge < -0.3 is 9.47 Å². The lowest BCUT2D eigenvalue weighted by atomic mass is 10.1. The van der Waals surface area contributed by atoms with Crippen molar-refractivity contribution < 1.29 is 9.47 Å². The first kappa shape index (κ1) is 10.9. The molecule has 0 N–H and O–H groups in total. The molecule has 4 nitrogen and oxygen atoms in total. The third kappa shape index (κ3) is 2.00. The molecule has 0 aromatic rings. The number of nitriles is 1. The number of hydrogen-bond acceptors (Lipinski definition) is 4. The molecule has 0 aliphatic carbocycles. The van der Waals surface area contributed by atoms with Crippen molar-refractivity contribution >= 4 is 0 Å². The first-order valence-corrected chi connectivity index (χ1v) is 5.63. The van der Waals surface area contributed by atoms with Gasteiger partial charge in [-0.25, -0.2) is 4.90 Å². The lowest BCUT2D eigenvalue weighted by Crippen LogP contribution is -2.41. The molecule has 2 saturated heterocycles. The molecule has 84 valence electrons. The number of hydrogen-bond donors (Lipinski definition) is 0. The van der Waals surface area contributed by atoms with E-state index in [-0.39, 0.29) is 12.0 Å². The molecule has 2 aliphatic heterocycles. The minimum absolute atomic E-state index is 0.0740. The van der Waals surface area contributed by atoms with Gasteiger partial charge in [-0.1, -0.05) is 0 Å².